The number of aliphatic imine (C=N–C) groups is 1. The molecule has 0 unspecified atom stereocenters. The van der Waals surface area contributed by atoms with Crippen molar-refractivity contribution in [1.82, 2.24) is 10.2 Å². The van der Waals surface area contributed by atoms with Crippen LogP contribution >= 0.6 is 11.3 Å². The van der Waals surface area contributed by atoms with Crippen molar-refractivity contribution in [2.75, 3.05) is 32.5 Å². The number of thiophene rings is 1. The second kappa shape index (κ2) is 8.75. The summed E-state index contributed by atoms with van der Waals surface area (Å²) in [4.78, 5) is 8.00. The average molecular weight is 436 g/mol. The van der Waals surface area contributed by atoms with Crippen LogP contribution in [0.4, 0.5) is 0 Å². The summed E-state index contributed by atoms with van der Waals surface area (Å²) in [6.45, 7) is 7.82. The van der Waals surface area contributed by atoms with Crippen molar-refractivity contribution in [3.63, 3.8) is 0 Å². The van der Waals surface area contributed by atoms with Crippen molar-refractivity contribution in [2.45, 2.75) is 32.1 Å². The van der Waals surface area contributed by atoms with E-state index in [0.717, 1.165) is 34.3 Å². The zero-order valence-corrected chi connectivity index (χ0v) is 19.1. The summed E-state index contributed by atoms with van der Waals surface area (Å²) in [6, 6.07) is 10.2. The molecule has 1 aromatic carbocycles. The molecular weight excluding hydrogens is 406 g/mol. The lowest BCUT2D eigenvalue weighted by molar-refractivity contribution is 0.353. The van der Waals surface area contributed by atoms with Crippen LogP contribution in [0.1, 0.15) is 25.6 Å². The Bertz CT molecular complexity index is 963. The predicted octanol–water partition coefficient (Wildman–Crippen LogP) is 3.40. The molecule has 1 saturated heterocycles. The summed E-state index contributed by atoms with van der Waals surface area (Å²) in [5.41, 5.74) is 2.31. The van der Waals surface area contributed by atoms with Gasteiger partial charge in [-0.1, -0.05) is 12.1 Å². The standard InChI is InChI=1S/C21H29N3O3S2/c1-5-22-20(24-10-11-29(25,26)21(2,3)15-24)23-13-19-12-17(14-28-19)16-6-8-18(27-4)9-7-16/h6-9,12,14H,5,10-11,13,15H2,1-4H3,(H,22,23). The third-order valence-electron chi connectivity index (χ3n) is 5.14. The molecule has 2 heterocycles. The van der Waals surface area contributed by atoms with Crippen LogP contribution in [0.5, 0.6) is 5.75 Å². The summed E-state index contributed by atoms with van der Waals surface area (Å²) in [6.07, 6.45) is 0. The maximum absolute atomic E-state index is 12.3. The molecule has 2 aromatic rings. The average Bonchev–Trinajstić information content (AvgIpc) is 3.16. The van der Waals surface area contributed by atoms with Crippen LogP contribution in [0.2, 0.25) is 0 Å². The van der Waals surface area contributed by atoms with Gasteiger partial charge in [0.2, 0.25) is 0 Å². The molecule has 1 N–H and O–H groups in total. The molecule has 1 fully saturated rings. The van der Waals surface area contributed by atoms with Crippen LogP contribution in [0.3, 0.4) is 0 Å². The van der Waals surface area contributed by atoms with E-state index in [1.807, 2.05) is 31.2 Å². The number of ether oxygens (including phenoxy) is 1. The summed E-state index contributed by atoms with van der Waals surface area (Å²) >= 11 is 1.68. The van der Waals surface area contributed by atoms with Crippen molar-refractivity contribution < 1.29 is 13.2 Å². The van der Waals surface area contributed by atoms with Gasteiger partial charge < -0.3 is 15.0 Å². The zero-order chi connectivity index (χ0) is 21.1. The van der Waals surface area contributed by atoms with Gasteiger partial charge in [0.1, 0.15) is 5.75 Å². The van der Waals surface area contributed by atoms with E-state index in [1.165, 1.54) is 0 Å². The van der Waals surface area contributed by atoms with E-state index in [2.05, 4.69) is 21.7 Å². The number of nitrogens with one attached hydrogen (secondary N) is 1. The zero-order valence-electron chi connectivity index (χ0n) is 17.4. The molecular formula is C21H29N3O3S2. The van der Waals surface area contributed by atoms with Crippen LogP contribution in [0, 0.1) is 0 Å². The molecule has 1 aliphatic heterocycles. The second-order valence-electron chi connectivity index (χ2n) is 7.70. The van der Waals surface area contributed by atoms with Crippen LogP contribution in [0.25, 0.3) is 11.1 Å². The molecule has 0 aliphatic carbocycles. The Hall–Kier alpha value is -2.06. The molecule has 0 atom stereocenters. The molecule has 0 bridgehead atoms. The van der Waals surface area contributed by atoms with E-state index in [0.29, 0.717) is 19.6 Å². The Morgan fingerprint density at radius 3 is 2.62 bits per heavy atom. The highest BCUT2D eigenvalue weighted by Gasteiger charge is 2.40. The fourth-order valence-electron chi connectivity index (χ4n) is 3.30. The first-order valence-corrected chi connectivity index (χ1v) is 12.3. The Morgan fingerprint density at radius 2 is 2.00 bits per heavy atom. The van der Waals surface area contributed by atoms with E-state index in [9.17, 15) is 8.42 Å². The molecule has 158 valence electrons. The first-order valence-electron chi connectivity index (χ1n) is 9.73. The van der Waals surface area contributed by atoms with E-state index in [4.69, 9.17) is 9.73 Å². The first-order chi connectivity index (χ1) is 13.8. The van der Waals surface area contributed by atoms with Crippen molar-refractivity contribution in [1.29, 1.82) is 0 Å². The van der Waals surface area contributed by atoms with Crippen molar-refractivity contribution in [3.8, 4) is 16.9 Å². The fourth-order valence-corrected chi connectivity index (χ4v) is 5.48. The Morgan fingerprint density at radius 1 is 1.28 bits per heavy atom. The predicted molar refractivity (Wildman–Crippen MR) is 121 cm³/mol. The number of methoxy groups -OCH3 is 1. The minimum Gasteiger partial charge on any atom is -0.497 e. The molecule has 1 aromatic heterocycles. The third-order valence-corrected chi connectivity index (χ3v) is 8.59. The fraction of sp³-hybridized carbons (Fsp3) is 0.476. The molecule has 0 amide bonds. The molecule has 0 saturated carbocycles. The van der Waals surface area contributed by atoms with Gasteiger partial charge in [-0.05, 0) is 55.5 Å². The highest BCUT2D eigenvalue weighted by atomic mass is 32.2. The number of benzene rings is 1. The maximum atomic E-state index is 12.3. The quantitative estimate of drug-likeness (QED) is 0.576. The first kappa shape index (κ1) is 21.6. The summed E-state index contributed by atoms with van der Waals surface area (Å²) in [5, 5.41) is 5.45. The lowest BCUT2D eigenvalue weighted by Gasteiger charge is -2.39. The van der Waals surface area contributed by atoms with E-state index in [-0.39, 0.29) is 5.75 Å². The largest absolute Gasteiger partial charge is 0.497 e. The van der Waals surface area contributed by atoms with Gasteiger partial charge in [0.05, 0.1) is 24.2 Å². The van der Waals surface area contributed by atoms with Gasteiger partial charge in [0, 0.05) is 24.5 Å². The van der Waals surface area contributed by atoms with Crippen LogP contribution in [-0.4, -0.2) is 56.5 Å². The van der Waals surface area contributed by atoms with Crippen molar-refractivity contribution >= 4 is 27.1 Å². The van der Waals surface area contributed by atoms with Gasteiger partial charge in [-0.25, -0.2) is 13.4 Å². The third kappa shape index (κ3) is 4.93. The summed E-state index contributed by atoms with van der Waals surface area (Å²) < 4.78 is 29.0. The minimum atomic E-state index is -3.07. The highest BCUT2D eigenvalue weighted by molar-refractivity contribution is 7.92. The van der Waals surface area contributed by atoms with Crippen LogP contribution in [-0.2, 0) is 16.4 Å². The van der Waals surface area contributed by atoms with Gasteiger partial charge >= 0.3 is 0 Å². The Kier molecular flexibility index (Phi) is 6.53. The van der Waals surface area contributed by atoms with Crippen LogP contribution < -0.4 is 10.1 Å². The SMILES string of the molecule is CCNC(=NCc1cc(-c2ccc(OC)cc2)cs1)N1CCS(=O)(=O)C(C)(C)C1. The summed E-state index contributed by atoms with van der Waals surface area (Å²) in [7, 11) is -1.41. The van der Waals surface area contributed by atoms with Crippen molar-refractivity contribution in [3.05, 3.63) is 40.6 Å². The number of guanidine groups is 1. The van der Waals surface area contributed by atoms with Crippen molar-refractivity contribution in [2.24, 2.45) is 4.99 Å². The highest BCUT2D eigenvalue weighted by Crippen LogP contribution is 2.28. The number of sulfone groups is 1. The Labute approximate surface area is 177 Å². The second-order valence-corrected chi connectivity index (χ2v) is 11.4. The summed E-state index contributed by atoms with van der Waals surface area (Å²) in [5.74, 6) is 1.77. The number of rotatable bonds is 5. The smallest absolute Gasteiger partial charge is 0.194 e. The molecule has 0 spiro atoms. The maximum Gasteiger partial charge on any atom is 0.194 e. The van der Waals surface area contributed by atoms with E-state index in [1.54, 1.807) is 32.3 Å². The number of hydrogen-bond donors (Lipinski definition) is 1. The van der Waals surface area contributed by atoms with Crippen LogP contribution in [0.15, 0.2) is 40.7 Å². The molecule has 1 aliphatic rings. The lowest BCUT2D eigenvalue weighted by atomic mass is 10.1. The van der Waals surface area contributed by atoms with Gasteiger partial charge in [-0.15, -0.1) is 11.3 Å². The molecule has 29 heavy (non-hydrogen) atoms. The van der Waals surface area contributed by atoms with E-state index < -0.39 is 14.6 Å². The molecule has 6 nitrogen and oxygen atoms in total. The normalized spacial score (nSPS) is 18.5. The Balaban J connectivity index is 1.73. The van der Waals surface area contributed by atoms with Gasteiger partial charge in [-0.2, -0.15) is 0 Å². The monoisotopic (exact) mass is 435 g/mol. The number of hydrogen-bond acceptors (Lipinski definition) is 5. The van der Waals surface area contributed by atoms with Gasteiger partial charge in [0.25, 0.3) is 0 Å². The van der Waals surface area contributed by atoms with E-state index >= 15 is 0 Å². The van der Waals surface area contributed by atoms with Gasteiger partial charge in [0.15, 0.2) is 15.8 Å². The number of nitrogens with zero attached hydrogens (tertiary/aromatic N) is 2. The topological polar surface area (TPSA) is 71.0 Å². The molecule has 0 radical (unpaired) electrons. The molecule has 3 rings (SSSR count). The van der Waals surface area contributed by atoms with Gasteiger partial charge in [-0.3, -0.25) is 0 Å². The molecule has 8 heteroatoms. The minimum absolute atomic E-state index is 0.158. The lowest BCUT2D eigenvalue weighted by Crippen LogP contribution is -2.57.